The van der Waals surface area contributed by atoms with E-state index in [1.54, 1.807) is 12.1 Å². The molecule has 4 atom stereocenters. The van der Waals surface area contributed by atoms with E-state index in [4.69, 9.17) is 0 Å². The molecule has 2 N–H and O–H groups in total. The highest BCUT2D eigenvalue weighted by atomic mass is 19.1. The second-order valence-electron chi connectivity index (χ2n) is 6.03. The molecule has 2 nitrogen and oxygen atoms in total. The maximum atomic E-state index is 13.6. The predicted octanol–water partition coefficient (Wildman–Crippen LogP) is 3.48. The van der Waals surface area contributed by atoms with E-state index in [2.05, 4.69) is 24.4 Å². The molecule has 0 amide bonds. The van der Waals surface area contributed by atoms with Crippen LogP contribution in [0.15, 0.2) is 36.4 Å². The number of hydrogen-bond donors (Lipinski definition) is 2. The normalized spacial score (nSPS) is 24.8. The lowest BCUT2D eigenvalue weighted by Crippen LogP contribution is -2.35. The van der Waals surface area contributed by atoms with Crippen LogP contribution in [0, 0.1) is 17.7 Å². The number of benzene rings is 1. The molecule has 0 radical (unpaired) electrons. The van der Waals surface area contributed by atoms with Crippen molar-refractivity contribution in [2.75, 3.05) is 13.6 Å². The van der Waals surface area contributed by atoms with Gasteiger partial charge in [0, 0.05) is 12.5 Å². The molecule has 0 fully saturated rings. The Hall–Kier alpha value is -1.19. The van der Waals surface area contributed by atoms with Crippen molar-refractivity contribution < 1.29 is 9.50 Å². The summed E-state index contributed by atoms with van der Waals surface area (Å²) in [5, 5.41) is 13.6. The van der Waals surface area contributed by atoms with Crippen LogP contribution in [0.2, 0.25) is 0 Å². The van der Waals surface area contributed by atoms with Crippen LogP contribution in [0.3, 0.4) is 0 Å². The second kappa shape index (κ2) is 7.71. The van der Waals surface area contributed by atoms with Gasteiger partial charge in [0.1, 0.15) is 5.82 Å². The van der Waals surface area contributed by atoms with Gasteiger partial charge in [-0.05, 0) is 55.8 Å². The molecule has 1 aromatic carbocycles. The fourth-order valence-electron chi connectivity index (χ4n) is 3.46. The molecule has 3 heteroatoms. The molecule has 0 bridgehead atoms. The first-order valence-electron chi connectivity index (χ1n) is 7.90. The molecule has 0 aromatic heterocycles. The summed E-state index contributed by atoms with van der Waals surface area (Å²) in [7, 11) is 1.83. The van der Waals surface area contributed by atoms with Crippen LogP contribution in [-0.4, -0.2) is 24.8 Å². The van der Waals surface area contributed by atoms with Crippen LogP contribution < -0.4 is 5.32 Å². The SMILES string of the molecule is CCC1C=CCC([C@@H](c2cccc(F)c2)[C@@H](O)CNC)C1. The largest absolute Gasteiger partial charge is 0.391 e. The Bertz CT molecular complexity index is 474. The van der Waals surface area contributed by atoms with Gasteiger partial charge in [-0.1, -0.05) is 31.2 Å². The molecule has 0 saturated carbocycles. The maximum absolute atomic E-state index is 13.6. The van der Waals surface area contributed by atoms with Crippen molar-refractivity contribution in [1.82, 2.24) is 5.32 Å². The van der Waals surface area contributed by atoms with E-state index in [-0.39, 0.29) is 11.7 Å². The smallest absolute Gasteiger partial charge is 0.123 e. The topological polar surface area (TPSA) is 32.3 Å². The number of rotatable bonds is 6. The monoisotopic (exact) mass is 291 g/mol. The summed E-state index contributed by atoms with van der Waals surface area (Å²) < 4.78 is 13.6. The molecule has 0 heterocycles. The molecule has 2 unspecified atom stereocenters. The number of aliphatic hydroxyl groups is 1. The van der Waals surface area contributed by atoms with E-state index in [9.17, 15) is 9.50 Å². The van der Waals surface area contributed by atoms with Crippen LogP contribution in [0.1, 0.15) is 37.7 Å². The lowest BCUT2D eigenvalue weighted by Gasteiger charge is -2.34. The average Bonchev–Trinajstić information content (AvgIpc) is 2.48. The summed E-state index contributed by atoms with van der Waals surface area (Å²) >= 11 is 0. The molecule has 1 aliphatic rings. The lowest BCUT2D eigenvalue weighted by molar-refractivity contribution is 0.106. The first-order chi connectivity index (χ1) is 10.2. The molecular formula is C18H26FNO. The van der Waals surface area contributed by atoms with Gasteiger partial charge >= 0.3 is 0 Å². The zero-order chi connectivity index (χ0) is 15.2. The van der Waals surface area contributed by atoms with Gasteiger partial charge in [-0.25, -0.2) is 4.39 Å². The molecule has 0 spiro atoms. The first kappa shape index (κ1) is 16.2. The van der Waals surface area contributed by atoms with Crippen molar-refractivity contribution in [3.63, 3.8) is 0 Å². The molecule has 2 rings (SSSR count). The summed E-state index contributed by atoms with van der Waals surface area (Å²) in [6.07, 6.45) is 7.15. The summed E-state index contributed by atoms with van der Waals surface area (Å²) in [5.74, 6) is 0.686. The van der Waals surface area contributed by atoms with Crippen molar-refractivity contribution in [2.24, 2.45) is 11.8 Å². The van der Waals surface area contributed by atoms with Crippen LogP contribution in [0.25, 0.3) is 0 Å². The number of allylic oxidation sites excluding steroid dienone is 2. The van der Waals surface area contributed by atoms with Gasteiger partial charge in [0.25, 0.3) is 0 Å². The molecule has 1 aliphatic carbocycles. The summed E-state index contributed by atoms with van der Waals surface area (Å²) in [6.45, 7) is 2.72. The summed E-state index contributed by atoms with van der Waals surface area (Å²) in [5.41, 5.74) is 0.910. The Morgan fingerprint density at radius 3 is 2.90 bits per heavy atom. The minimum atomic E-state index is -0.495. The van der Waals surface area contributed by atoms with Crippen LogP contribution in [0.5, 0.6) is 0 Å². The molecule has 21 heavy (non-hydrogen) atoms. The third kappa shape index (κ3) is 4.14. The third-order valence-corrected chi connectivity index (χ3v) is 4.55. The highest BCUT2D eigenvalue weighted by Crippen LogP contribution is 2.38. The highest BCUT2D eigenvalue weighted by molar-refractivity contribution is 5.24. The van der Waals surface area contributed by atoms with Gasteiger partial charge in [0.2, 0.25) is 0 Å². The van der Waals surface area contributed by atoms with E-state index in [0.717, 1.165) is 24.8 Å². The molecule has 0 saturated heterocycles. The van der Waals surface area contributed by atoms with Gasteiger partial charge in [0.15, 0.2) is 0 Å². The zero-order valence-electron chi connectivity index (χ0n) is 12.9. The van der Waals surface area contributed by atoms with Crippen molar-refractivity contribution in [1.29, 1.82) is 0 Å². The van der Waals surface area contributed by atoms with Gasteiger partial charge < -0.3 is 10.4 Å². The van der Waals surface area contributed by atoms with Gasteiger partial charge in [-0.15, -0.1) is 0 Å². The van der Waals surface area contributed by atoms with Crippen molar-refractivity contribution in [3.05, 3.63) is 47.8 Å². The number of aliphatic hydroxyl groups excluding tert-OH is 1. The standard InChI is InChI=1S/C18H26FNO/c1-3-13-6-4-7-14(10-13)18(17(21)12-20-2)15-8-5-9-16(19)11-15/h4-6,8-9,11,13-14,17-18,20-21H,3,7,10,12H2,1-2H3/t13?,14?,17-,18-/m0/s1. The van der Waals surface area contributed by atoms with Gasteiger partial charge in [-0.3, -0.25) is 0 Å². The van der Waals surface area contributed by atoms with E-state index < -0.39 is 6.10 Å². The lowest BCUT2D eigenvalue weighted by atomic mass is 9.73. The Balaban J connectivity index is 2.26. The highest BCUT2D eigenvalue weighted by Gasteiger charge is 2.31. The van der Waals surface area contributed by atoms with Gasteiger partial charge in [-0.2, -0.15) is 0 Å². The van der Waals surface area contributed by atoms with Gasteiger partial charge in [0.05, 0.1) is 6.10 Å². The Kier molecular flexibility index (Phi) is 5.95. The second-order valence-corrected chi connectivity index (χ2v) is 6.03. The maximum Gasteiger partial charge on any atom is 0.123 e. The number of hydrogen-bond acceptors (Lipinski definition) is 2. The fraction of sp³-hybridized carbons (Fsp3) is 0.556. The van der Waals surface area contributed by atoms with Crippen molar-refractivity contribution in [2.45, 2.75) is 38.2 Å². The minimum Gasteiger partial charge on any atom is -0.391 e. The molecule has 116 valence electrons. The number of likely N-dealkylation sites (N-methyl/N-ethyl adjacent to an activating group) is 1. The molecule has 1 aromatic rings. The van der Waals surface area contributed by atoms with Crippen molar-refractivity contribution in [3.8, 4) is 0 Å². The molecule has 0 aliphatic heterocycles. The number of halogens is 1. The fourth-order valence-corrected chi connectivity index (χ4v) is 3.46. The Morgan fingerprint density at radius 1 is 1.43 bits per heavy atom. The Labute approximate surface area is 127 Å². The van der Waals surface area contributed by atoms with Crippen LogP contribution in [0.4, 0.5) is 4.39 Å². The van der Waals surface area contributed by atoms with Crippen molar-refractivity contribution >= 4 is 0 Å². The third-order valence-electron chi connectivity index (χ3n) is 4.55. The number of nitrogens with one attached hydrogen (secondary N) is 1. The van der Waals surface area contributed by atoms with E-state index in [1.807, 2.05) is 13.1 Å². The van der Waals surface area contributed by atoms with E-state index >= 15 is 0 Å². The quantitative estimate of drug-likeness (QED) is 0.786. The minimum absolute atomic E-state index is 0.0212. The predicted molar refractivity (Wildman–Crippen MR) is 84.7 cm³/mol. The average molecular weight is 291 g/mol. The van der Waals surface area contributed by atoms with E-state index in [1.165, 1.54) is 6.07 Å². The molecular weight excluding hydrogens is 265 g/mol. The Morgan fingerprint density at radius 2 is 2.24 bits per heavy atom. The first-order valence-corrected chi connectivity index (χ1v) is 7.90. The van der Waals surface area contributed by atoms with Crippen LogP contribution >= 0.6 is 0 Å². The van der Waals surface area contributed by atoms with E-state index in [0.29, 0.717) is 18.4 Å². The van der Waals surface area contributed by atoms with Crippen LogP contribution in [-0.2, 0) is 0 Å². The summed E-state index contributed by atoms with van der Waals surface area (Å²) in [6, 6.07) is 6.70. The summed E-state index contributed by atoms with van der Waals surface area (Å²) in [4.78, 5) is 0. The zero-order valence-corrected chi connectivity index (χ0v) is 12.9.